The Labute approximate surface area is 162 Å². The Kier molecular flexibility index (Phi) is 6.62. The van der Waals surface area contributed by atoms with Crippen molar-refractivity contribution in [2.45, 2.75) is 64.1 Å². The van der Waals surface area contributed by atoms with Gasteiger partial charge in [0.1, 0.15) is 18.0 Å². The summed E-state index contributed by atoms with van der Waals surface area (Å²) >= 11 is 0. The van der Waals surface area contributed by atoms with E-state index < -0.39 is 49.5 Å². The average Bonchev–Trinajstić information content (AvgIpc) is 2.54. The maximum Gasteiger partial charge on any atom is 0.410 e. The molecule has 1 saturated carbocycles. The van der Waals surface area contributed by atoms with Crippen molar-refractivity contribution in [2.24, 2.45) is 0 Å². The monoisotopic (exact) mass is 403 g/mol. The fourth-order valence-electron chi connectivity index (χ4n) is 2.84. The second-order valence-corrected chi connectivity index (χ2v) is 7.80. The Morgan fingerprint density at radius 1 is 1.36 bits per heavy atom. The summed E-state index contributed by atoms with van der Waals surface area (Å²) in [6.45, 7) is 7.77. The first kappa shape index (κ1) is 22.0. The molecule has 0 bridgehead atoms. The standard InChI is InChI=1S/C20H25F4NO3/c1-5-13-6-7-16(27-12-17(21)22)14(8-13)11-25(15-9-20(23,24)10-15)18(26)28-19(2,3)4/h5-8,15,17H,1,9-12H2,2-4H3. The average molecular weight is 403 g/mol. The molecule has 0 heterocycles. The van der Waals surface area contributed by atoms with Gasteiger partial charge in [-0.1, -0.05) is 18.7 Å². The van der Waals surface area contributed by atoms with Gasteiger partial charge in [-0.05, 0) is 38.5 Å². The molecule has 0 radical (unpaired) electrons. The second-order valence-electron chi connectivity index (χ2n) is 7.80. The summed E-state index contributed by atoms with van der Waals surface area (Å²) < 4.78 is 62.4. The largest absolute Gasteiger partial charge is 0.487 e. The molecule has 1 aliphatic rings. The van der Waals surface area contributed by atoms with Crippen LogP contribution < -0.4 is 4.74 Å². The van der Waals surface area contributed by atoms with Gasteiger partial charge in [0.05, 0.1) is 6.54 Å². The third-order valence-electron chi connectivity index (χ3n) is 4.16. The molecule has 8 heteroatoms. The van der Waals surface area contributed by atoms with Crippen LogP contribution in [0.25, 0.3) is 6.08 Å². The maximum absolute atomic E-state index is 13.4. The molecule has 1 amide bonds. The van der Waals surface area contributed by atoms with Crippen LogP contribution in [0.4, 0.5) is 22.4 Å². The van der Waals surface area contributed by atoms with Crippen molar-refractivity contribution < 1.29 is 31.8 Å². The van der Waals surface area contributed by atoms with Crippen LogP contribution in [0, 0.1) is 0 Å². The molecule has 0 aromatic heterocycles. The quantitative estimate of drug-likeness (QED) is 0.564. The molecule has 0 atom stereocenters. The van der Waals surface area contributed by atoms with E-state index in [1.165, 1.54) is 11.0 Å². The number of alkyl halides is 4. The van der Waals surface area contributed by atoms with Gasteiger partial charge in [0, 0.05) is 24.4 Å². The Hall–Kier alpha value is -2.25. The van der Waals surface area contributed by atoms with E-state index in [9.17, 15) is 22.4 Å². The summed E-state index contributed by atoms with van der Waals surface area (Å²) in [5.41, 5.74) is 0.293. The highest BCUT2D eigenvalue weighted by Gasteiger charge is 2.50. The number of hydrogen-bond acceptors (Lipinski definition) is 3. The van der Waals surface area contributed by atoms with Gasteiger partial charge in [-0.25, -0.2) is 22.4 Å². The molecule has 0 unspecified atom stereocenters. The van der Waals surface area contributed by atoms with Crippen molar-refractivity contribution in [1.82, 2.24) is 4.90 Å². The number of ether oxygens (including phenoxy) is 2. The number of halogens is 4. The van der Waals surface area contributed by atoms with E-state index in [1.807, 2.05) is 0 Å². The van der Waals surface area contributed by atoms with Gasteiger partial charge in [-0.3, -0.25) is 0 Å². The Morgan fingerprint density at radius 2 is 2.00 bits per heavy atom. The van der Waals surface area contributed by atoms with Crippen LogP contribution in [0.15, 0.2) is 24.8 Å². The number of rotatable bonds is 7. The number of carbonyl (C=O) groups is 1. The zero-order valence-electron chi connectivity index (χ0n) is 16.2. The third-order valence-corrected chi connectivity index (χ3v) is 4.16. The molecule has 0 spiro atoms. The summed E-state index contributed by atoms with van der Waals surface area (Å²) in [5.74, 6) is -2.67. The molecule has 0 saturated heterocycles. The Bertz CT molecular complexity index is 708. The Balaban J connectivity index is 2.28. The van der Waals surface area contributed by atoms with Crippen molar-refractivity contribution in [3.05, 3.63) is 35.9 Å². The summed E-state index contributed by atoms with van der Waals surface area (Å²) in [4.78, 5) is 13.8. The summed E-state index contributed by atoms with van der Waals surface area (Å²) in [5, 5.41) is 0. The van der Waals surface area contributed by atoms with Crippen molar-refractivity contribution in [2.75, 3.05) is 6.61 Å². The highest BCUT2D eigenvalue weighted by molar-refractivity contribution is 5.69. The van der Waals surface area contributed by atoms with Crippen LogP contribution in [0.5, 0.6) is 5.75 Å². The minimum atomic E-state index is -2.83. The Morgan fingerprint density at radius 3 is 2.50 bits per heavy atom. The van der Waals surface area contributed by atoms with Gasteiger partial charge in [-0.2, -0.15) is 0 Å². The molecule has 1 aromatic carbocycles. The smallest absolute Gasteiger partial charge is 0.410 e. The lowest BCUT2D eigenvalue weighted by atomic mass is 9.86. The van der Waals surface area contributed by atoms with Crippen molar-refractivity contribution in [3.8, 4) is 5.75 Å². The maximum atomic E-state index is 13.4. The number of carbonyl (C=O) groups excluding carboxylic acids is 1. The van der Waals surface area contributed by atoms with Gasteiger partial charge in [-0.15, -0.1) is 0 Å². The zero-order valence-corrected chi connectivity index (χ0v) is 16.2. The molecular formula is C20H25F4NO3. The molecule has 1 aliphatic carbocycles. The van der Waals surface area contributed by atoms with Crippen LogP contribution in [0.2, 0.25) is 0 Å². The minimum Gasteiger partial charge on any atom is -0.487 e. The van der Waals surface area contributed by atoms with Crippen LogP contribution in [-0.4, -0.2) is 41.6 Å². The lowest BCUT2D eigenvalue weighted by molar-refractivity contribution is -0.124. The highest BCUT2D eigenvalue weighted by atomic mass is 19.3. The van der Waals surface area contributed by atoms with E-state index >= 15 is 0 Å². The molecule has 28 heavy (non-hydrogen) atoms. The number of hydrogen-bond donors (Lipinski definition) is 0. The fraction of sp³-hybridized carbons (Fsp3) is 0.550. The first-order valence-corrected chi connectivity index (χ1v) is 8.94. The van der Waals surface area contributed by atoms with Gasteiger partial charge >= 0.3 is 6.09 Å². The number of amides is 1. The molecule has 4 nitrogen and oxygen atoms in total. The van der Waals surface area contributed by atoms with Gasteiger partial charge < -0.3 is 14.4 Å². The molecule has 0 aliphatic heterocycles. The summed E-state index contributed by atoms with van der Waals surface area (Å²) in [6, 6.07) is 4.05. The first-order valence-electron chi connectivity index (χ1n) is 8.94. The number of benzene rings is 1. The lowest BCUT2D eigenvalue weighted by Crippen LogP contribution is -2.53. The topological polar surface area (TPSA) is 38.8 Å². The van der Waals surface area contributed by atoms with Gasteiger partial charge in [0.2, 0.25) is 0 Å². The van der Waals surface area contributed by atoms with Crippen LogP contribution in [0.1, 0.15) is 44.7 Å². The molecule has 1 fully saturated rings. The molecular weight excluding hydrogens is 378 g/mol. The van der Waals surface area contributed by atoms with Crippen molar-refractivity contribution in [3.63, 3.8) is 0 Å². The molecule has 0 N–H and O–H groups in total. The van der Waals surface area contributed by atoms with Gasteiger partial charge in [0.25, 0.3) is 12.3 Å². The fourth-order valence-corrected chi connectivity index (χ4v) is 2.84. The van der Waals surface area contributed by atoms with Crippen LogP contribution in [0.3, 0.4) is 0 Å². The SMILES string of the molecule is C=Cc1ccc(OCC(F)F)c(CN(C(=O)OC(C)(C)C)C2CC(F)(F)C2)c1. The van der Waals surface area contributed by atoms with E-state index in [2.05, 4.69) is 6.58 Å². The molecule has 1 aromatic rings. The molecule has 156 valence electrons. The second kappa shape index (κ2) is 8.41. The van der Waals surface area contributed by atoms with Crippen molar-refractivity contribution >= 4 is 12.2 Å². The van der Waals surface area contributed by atoms with E-state index in [-0.39, 0.29) is 12.3 Å². The van der Waals surface area contributed by atoms with E-state index in [0.29, 0.717) is 11.1 Å². The normalized spacial score (nSPS) is 16.4. The van der Waals surface area contributed by atoms with E-state index in [1.54, 1.807) is 39.0 Å². The summed E-state index contributed by atoms with van der Waals surface area (Å²) in [6.07, 6.45) is -2.80. The van der Waals surface area contributed by atoms with Crippen molar-refractivity contribution in [1.29, 1.82) is 0 Å². The lowest BCUT2D eigenvalue weighted by Gasteiger charge is -2.42. The van der Waals surface area contributed by atoms with Crippen LogP contribution in [-0.2, 0) is 11.3 Å². The zero-order chi connectivity index (χ0) is 21.1. The van der Waals surface area contributed by atoms with Crippen LogP contribution >= 0.6 is 0 Å². The third kappa shape index (κ3) is 6.14. The first-order chi connectivity index (χ1) is 12.9. The van der Waals surface area contributed by atoms with E-state index in [0.717, 1.165) is 0 Å². The minimum absolute atomic E-state index is 0.101. The summed E-state index contributed by atoms with van der Waals surface area (Å²) in [7, 11) is 0. The number of nitrogens with zero attached hydrogens (tertiary/aromatic N) is 1. The molecule has 2 rings (SSSR count). The highest BCUT2D eigenvalue weighted by Crippen LogP contribution is 2.42. The van der Waals surface area contributed by atoms with Gasteiger partial charge in [0.15, 0.2) is 0 Å². The van der Waals surface area contributed by atoms with E-state index in [4.69, 9.17) is 9.47 Å². The predicted molar refractivity (Wildman–Crippen MR) is 97.8 cm³/mol. The predicted octanol–water partition coefficient (Wildman–Crippen LogP) is 5.51.